The molecular formula is C30H29BrN2O5S. The number of halogens is 1. The van der Waals surface area contributed by atoms with E-state index in [9.17, 15) is 14.4 Å². The molecule has 1 heterocycles. The van der Waals surface area contributed by atoms with E-state index in [1.54, 1.807) is 18.2 Å². The van der Waals surface area contributed by atoms with Crippen molar-refractivity contribution in [2.75, 3.05) is 18.5 Å². The van der Waals surface area contributed by atoms with Crippen LogP contribution in [0.5, 0.6) is 11.5 Å². The Kier molecular flexibility index (Phi) is 9.14. The Morgan fingerprint density at radius 2 is 1.72 bits per heavy atom. The maximum absolute atomic E-state index is 13.0. The van der Waals surface area contributed by atoms with Crippen molar-refractivity contribution in [3.8, 4) is 11.5 Å². The molecule has 0 aromatic heterocycles. The molecule has 7 nitrogen and oxygen atoms in total. The summed E-state index contributed by atoms with van der Waals surface area (Å²) >= 11 is 4.41. The van der Waals surface area contributed by atoms with Crippen molar-refractivity contribution in [2.24, 2.45) is 0 Å². The summed E-state index contributed by atoms with van der Waals surface area (Å²) in [5, 5.41) is 2.55. The van der Waals surface area contributed by atoms with Gasteiger partial charge < -0.3 is 14.8 Å². The van der Waals surface area contributed by atoms with Gasteiger partial charge in [0.1, 0.15) is 0 Å². The van der Waals surface area contributed by atoms with Crippen LogP contribution in [0.25, 0.3) is 6.08 Å². The molecule has 3 aromatic rings. The lowest BCUT2D eigenvalue weighted by molar-refractivity contribution is -0.123. The standard InChI is InChI=1S/C30H29BrN2O5S/c1-5-37-25-14-22(15-26-29(35)33(30(36)39-26)16-21-9-6-18(2)7-10-21)13-23(31)28(25)38-17-27(34)32-24-11-8-19(3)12-20(24)4/h6-15H,5,16-17H2,1-4H3,(H,32,34)/b26-15-. The Labute approximate surface area is 240 Å². The number of hydrogen-bond donors (Lipinski definition) is 1. The first-order valence-corrected chi connectivity index (χ1v) is 14.0. The number of carbonyl (C=O) groups is 3. The van der Waals surface area contributed by atoms with E-state index in [-0.39, 0.29) is 30.2 Å². The van der Waals surface area contributed by atoms with Crippen LogP contribution in [0, 0.1) is 20.8 Å². The fourth-order valence-corrected chi connectivity index (χ4v) is 5.43. The van der Waals surface area contributed by atoms with Crippen LogP contribution in [0.2, 0.25) is 0 Å². The lowest BCUT2D eigenvalue weighted by atomic mass is 10.1. The second kappa shape index (κ2) is 12.5. The number of ether oxygens (including phenoxy) is 2. The van der Waals surface area contributed by atoms with Crippen LogP contribution >= 0.6 is 27.7 Å². The Bertz CT molecular complexity index is 1450. The summed E-state index contributed by atoms with van der Waals surface area (Å²) in [6.45, 7) is 8.12. The fourth-order valence-electron chi connectivity index (χ4n) is 4.02. The number of nitrogens with zero attached hydrogens (tertiary/aromatic N) is 1. The highest BCUT2D eigenvalue weighted by Gasteiger charge is 2.35. The summed E-state index contributed by atoms with van der Waals surface area (Å²) < 4.78 is 12.2. The summed E-state index contributed by atoms with van der Waals surface area (Å²) in [4.78, 5) is 39.8. The predicted molar refractivity (Wildman–Crippen MR) is 158 cm³/mol. The summed E-state index contributed by atoms with van der Waals surface area (Å²) in [5.74, 6) is 0.138. The van der Waals surface area contributed by atoms with Crippen LogP contribution in [0.1, 0.15) is 34.7 Å². The first kappa shape index (κ1) is 28.4. The number of benzene rings is 3. The highest BCUT2D eigenvalue weighted by Crippen LogP contribution is 2.39. The van der Waals surface area contributed by atoms with Crippen LogP contribution in [0.15, 0.2) is 64.0 Å². The molecule has 1 fully saturated rings. The number of hydrogen-bond acceptors (Lipinski definition) is 6. The van der Waals surface area contributed by atoms with E-state index in [2.05, 4.69) is 21.2 Å². The second-order valence-electron chi connectivity index (χ2n) is 9.17. The van der Waals surface area contributed by atoms with E-state index in [1.165, 1.54) is 4.90 Å². The quantitative estimate of drug-likeness (QED) is 0.263. The average molecular weight is 610 g/mol. The summed E-state index contributed by atoms with van der Waals surface area (Å²) in [6, 6.07) is 17.0. The Morgan fingerprint density at radius 1 is 1.00 bits per heavy atom. The Hall–Kier alpha value is -3.56. The van der Waals surface area contributed by atoms with Gasteiger partial charge in [-0.15, -0.1) is 0 Å². The van der Waals surface area contributed by atoms with Crippen molar-refractivity contribution in [2.45, 2.75) is 34.2 Å². The SMILES string of the molecule is CCOc1cc(/C=C2\SC(=O)N(Cc3ccc(C)cc3)C2=O)cc(Br)c1OCC(=O)Nc1ccc(C)cc1C. The minimum Gasteiger partial charge on any atom is -0.490 e. The third-order valence-corrected chi connectivity index (χ3v) is 7.46. The third-order valence-electron chi connectivity index (χ3n) is 5.97. The molecule has 0 bridgehead atoms. The van der Waals surface area contributed by atoms with Crippen LogP contribution in [-0.2, 0) is 16.1 Å². The zero-order valence-corrected chi connectivity index (χ0v) is 24.6. The first-order chi connectivity index (χ1) is 18.6. The molecule has 0 aliphatic carbocycles. The molecule has 39 heavy (non-hydrogen) atoms. The van der Waals surface area contributed by atoms with Gasteiger partial charge in [0.25, 0.3) is 17.1 Å². The lowest BCUT2D eigenvalue weighted by Crippen LogP contribution is -2.27. The normalized spacial score (nSPS) is 14.2. The fraction of sp³-hybridized carbons (Fsp3) is 0.233. The molecule has 3 aromatic carbocycles. The molecule has 3 amide bonds. The number of rotatable bonds is 9. The van der Waals surface area contributed by atoms with Crippen molar-refractivity contribution in [3.63, 3.8) is 0 Å². The zero-order chi connectivity index (χ0) is 28.1. The molecule has 9 heteroatoms. The van der Waals surface area contributed by atoms with Crippen LogP contribution in [0.4, 0.5) is 10.5 Å². The van der Waals surface area contributed by atoms with Gasteiger partial charge in [-0.25, -0.2) is 0 Å². The average Bonchev–Trinajstić information content (AvgIpc) is 3.14. The van der Waals surface area contributed by atoms with Gasteiger partial charge in [-0.2, -0.15) is 0 Å². The highest BCUT2D eigenvalue weighted by atomic mass is 79.9. The van der Waals surface area contributed by atoms with Crippen molar-refractivity contribution < 1.29 is 23.9 Å². The summed E-state index contributed by atoms with van der Waals surface area (Å²) in [5.41, 5.74) is 5.45. The molecular weight excluding hydrogens is 580 g/mol. The van der Waals surface area contributed by atoms with E-state index < -0.39 is 0 Å². The highest BCUT2D eigenvalue weighted by molar-refractivity contribution is 9.10. The van der Waals surface area contributed by atoms with Gasteiger partial charge >= 0.3 is 0 Å². The Balaban J connectivity index is 1.48. The number of amides is 3. The van der Waals surface area contributed by atoms with Crippen molar-refractivity contribution in [3.05, 3.63) is 91.8 Å². The van der Waals surface area contributed by atoms with Crippen molar-refractivity contribution in [1.82, 2.24) is 4.90 Å². The van der Waals surface area contributed by atoms with Gasteiger partial charge in [0.05, 0.1) is 22.5 Å². The number of thioether (sulfide) groups is 1. The predicted octanol–water partition coefficient (Wildman–Crippen LogP) is 7.03. The molecule has 1 saturated heterocycles. The van der Waals surface area contributed by atoms with Gasteiger partial charge in [0.15, 0.2) is 18.1 Å². The van der Waals surface area contributed by atoms with Crippen LogP contribution in [-0.4, -0.2) is 35.2 Å². The van der Waals surface area contributed by atoms with Crippen molar-refractivity contribution in [1.29, 1.82) is 0 Å². The molecule has 0 atom stereocenters. The molecule has 0 radical (unpaired) electrons. The summed E-state index contributed by atoms with van der Waals surface area (Å²) in [6.07, 6.45) is 1.66. The number of imide groups is 1. The number of aryl methyl sites for hydroxylation is 3. The molecule has 0 spiro atoms. The van der Waals surface area contributed by atoms with Crippen LogP contribution < -0.4 is 14.8 Å². The number of nitrogens with one attached hydrogen (secondary N) is 1. The minimum atomic E-state index is -0.344. The van der Waals surface area contributed by atoms with E-state index in [0.717, 1.165) is 39.7 Å². The maximum atomic E-state index is 13.0. The molecule has 1 aliphatic rings. The molecule has 4 rings (SSSR count). The van der Waals surface area contributed by atoms with E-state index in [1.807, 2.05) is 70.2 Å². The molecule has 1 N–H and O–H groups in total. The monoisotopic (exact) mass is 608 g/mol. The first-order valence-electron chi connectivity index (χ1n) is 12.4. The van der Waals surface area contributed by atoms with E-state index >= 15 is 0 Å². The molecule has 0 unspecified atom stereocenters. The maximum Gasteiger partial charge on any atom is 0.293 e. The van der Waals surface area contributed by atoms with Crippen LogP contribution in [0.3, 0.4) is 0 Å². The van der Waals surface area contributed by atoms with Gasteiger partial charge in [-0.1, -0.05) is 47.5 Å². The number of anilines is 1. The van der Waals surface area contributed by atoms with Crippen molar-refractivity contribution >= 4 is 56.5 Å². The third kappa shape index (κ3) is 7.10. The Morgan fingerprint density at radius 3 is 2.41 bits per heavy atom. The van der Waals surface area contributed by atoms with Gasteiger partial charge in [-0.05, 0) is 96.4 Å². The zero-order valence-electron chi connectivity index (χ0n) is 22.2. The van der Waals surface area contributed by atoms with Gasteiger partial charge in [0, 0.05) is 5.69 Å². The lowest BCUT2D eigenvalue weighted by Gasteiger charge is -2.15. The second-order valence-corrected chi connectivity index (χ2v) is 11.0. The smallest absolute Gasteiger partial charge is 0.293 e. The van der Waals surface area contributed by atoms with Gasteiger partial charge in [0.2, 0.25) is 0 Å². The number of carbonyl (C=O) groups excluding carboxylic acids is 3. The topological polar surface area (TPSA) is 84.9 Å². The van der Waals surface area contributed by atoms with Gasteiger partial charge in [-0.3, -0.25) is 19.3 Å². The summed E-state index contributed by atoms with van der Waals surface area (Å²) in [7, 11) is 0. The molecule has 202 valence electrons. The largest absolute Gasteiger partial charge is 0.490 e. The molecule has 0 saturated carbocycles. The minimum absolute atomic E-state index is 0.215. The van der Waals surface area contributed by atoms with E-state index in [4.69, 9.17) is 9.47 Å². The molecule has 1 aliphatic heterocycles. The van der Waals surface area contributed by atoms with E-state index in [0.29, 0.717) is 33.0 Å².